The van der Waals surface area contributed by atoms with Crippen LogP contribution < -0.4 is 4.74 Å². The molecule has 0 bridgehead atoms. The van der Waals surface area contributed by atoms with Crippen LogP contribution in [0.2, 0.25) is 0 Å². The summed E-state index contributed by atoms with van der Waals surface area (Å²) in [5, 5.41) is 10.7. The van der Waals surface area contributed by atoms with Gasteiger partial charge in [0.25, 0.3) is 5.69 Å². The number of nitrogens with zero attached hydrogens (tertiary/aromatic N) is 1. The van der Waals surface area contributed by atoms with Crippen LogP contribution in [0.1, 0.15) is 25.3 Å². The van der Waals surface area contributed by atoms with Crippen molar-refractivity contribution in [2.24, 2.45) is 0 Å². The highest BCUT2D eigenvalue weighted by atomic mass is 35.5. The van der Waals surface area contributed by atoms with E-state index in [4.69, 9.17) is 21.1 Å². The van der Waals surface area contributed by atoms with Crippen LogP contribution in [0, 0.1) is 10.1 Å². The molecule has 104 valence electrons. The van der Waals surface area contributed by atoms with Crippen molar-refractivity contribution in [2.75, 3.05) is 6.61 Å². The Morgan fingerprint density at radius 3 is 2.89 bits per heavy atom. The minimum atomic E-state index is -0.443. The number of rotatable bonds is 5. The van der Waals surface area contributed by atoms with E-state index in [0.717, 1.165) is 12.8 Å². The molecule has 2 rings (SSSR count). The number of ether oxygens (including phenoxy) is 2. The van der Waals surface area contributed by atoms with Gasteiger partial charge in [-0.1, -0.05) is 0 Å². The normalized spacial score (nSPS) is 22.4. The molecular weight excluding hydrogens is 270 g/mol. The smallest absolute Gasteiger partial charge is 0.270 e. The first-order valence-corrected chi connectivity index (χ1v) is 6.75. The van der Waals surface area contributed by atoms with Crippen molar-refractivity contribution in [3.63, 3.8) is 0 Å². The third-order valence-corrected chi connectivity index (χ3v) is 3.43. The summed E-state index contributed by atoms with van der Waals surface area (Å²) in [5.74, 6) is 0.766. The fourth-order valence-electron chi connectivity index (χ4n) is 2.12. The van der Waals surface area contributed by atoms with Crippen LogP contribution in [0.5, 0.6) is 5.75 Å². The van der Waals surface area contributed by atoms with E-state index in [2.05, 4.69) is 0 Å². The second kappa shape index (κ2) is 6.21. The van der Waals surface area contributed by atoms with Gasteiger partial charge >= 0.3 is 0 Å². The third-order valence-electron chi connectivity index (χ3n) is 3.14. The van der Waals surface area contributed by atoms with Gasteiger partial charge in [-0.05, 0) is 25.8 Å². The Kier molecular flexibility index (Phi) is 4.61. The number of hydrogen-bond acceptors (Lipinski definition) is 4. The molecule has 1 heterocycles. The predicted molar refractivity (Wildman–Crippen MR) is 71.7 cm³/mol. The Hall–Kier alpha value is -1.33. The molecule has 5 nitrogen and oxygen atoms in total. The number of nitro groups is 1. The molecule has 1 saturated heterocycles. The maximum Gasteiger partial charge on any atom is 0.270 e. The van der Waals surface area contributed by atoms with Gasteiger partial charge in [0.15, 0.2) is 0 Å². The van der Waals surface area contributed by atoms with Gasteiger partial charge in [0.05, 0.1) is 23.0 Å². The maximum atomic E-state index is 10.7. The highest BCUT2D eigenvalue weighted by Gasteiger charge is 2.22. The van der Waals surface area contributed by atoms with Crippen LogP contribution in [0.3, 0.4) is 0 Å². The lowest BCUT2D eigenvalue weighted by Crippen LogP contribution is -2.18. The van der Waals surface area contributed by atoms with Crippen LogP contribution in [0.15, 0.2) is 18.2 Å². The Bertz CT molecular complexity index is 466. The zero-order valence-electron chi connectivity index (χ0n) is 10.7. The SMILES string of the molecule is CC1CCC(COc2ccc([N+](=O)[O-])cc2CCl)O1. The van der Waals surface area contributed by atoms with Crippen LogP contribution in [-0.4, -0.2) is 23.7 Å². The van der Waals surface area contributed by atoms with Crippen LogP contribution in [0.4, 0.5) is 5.69 Å². The first kappa shape index (κ1) is 14.1. The molecule has 0 radical (unpaired) electrons. The fraction of sp³-hybridized carbons (Fsp3) is 0.538. The maximum absolute atomic E-state index is 10.7. The molecule has 0 amide bonds. The first-order valence-electron chi connectivity index (χ1n) is 6.21. The quantitative estimate of drug-likeness (QED) is 0.473. The average Bonchev–Trinajstić information content (AvgIpc) is 2.81. The highest BCUT2D eigenvalue weighted by molar-refractivity contribution is 6.17. The third kappa shape index (κ3) is 3.58. The zero-order chi connectivity index (χ0) is 13.8. The summed E-state index contributed by atoms with van der Waals surface area (Å²) in [6.45, 7) is 2.49. The molecule has 0 spiro atoms. The summed E-state index contributed by atoms with van der Waals surface area (Å²) in [6.07, 6.45) is 2.38. The number of halogens is 1. The average molecular weight is 286 g/mol. The molecule has 1 aliphatic heterocycles. The number of nitro benzene ring substituents is 1. The molecule has 1 fully saturated rings. The molecule has 0 aliphatic carbocycles. The lowest BCUT2D eigenvalue weighted by molar-refractivity contribution is -0.384. The van der Waals surface area contributed by atoms with E-state index in [1.807, 2.05) is 6.92 Å². The Labute approximate surface area is 116 Å². The number of benzene rings is 1. The second-order valence-electron chi connectivity index (χ2n) is 4.64. The van der Waals surface area contributed by atoms with Crippen LogP contribution >= 0.6 is 11.6 Å². The van der Waals surface area contributed by atoms with E-state index in [0.29, 0.717) is 17.9 Å². The number of alkyl halides is 1. The Balaban J connectivity index is 2.01. The molecule has 1 aromatic carbocycles. The van der Waals surface area contributed by atoms with Gasteiger partial charge in [-0.2, -0.15) is 0 Å². The minimum absolute atomic E-state index is 0.0220. The minimum Gasteiger partial charge on any atom is -0.491 e. The molecule has 2 atom stereocenters. The van der Waals surface area contributed by atoms with Crippen LogP contribution in [-0.2, 0) is 10.6 Å². The summed E-state index contributed by atoms with van der Waals surface area (Å²) in [4.78, 5) is 10.2. The van der Waals surface area contributed by atoms with Crippen molar-refractivity contribution in [2.45, 2.75) is 37.9 Å². The molecule has 0 N–H and O–H groups in total. The van der Waals surface area contributed by atoms with Gasteiger partial charge in [0.1, 0.15) is 12.4 Å². The summed E-state index contributed by atoms with van der Waals surface area (Å²) in [7, 11) is 0. The van der Waals surface area contributed by atoms with E-state index in [1.54, 1.807) is 6.07 Å². The van der Waals surface area contributed by atoms with Gasteiger partial charge in [0, 0.05) is 17.7 Å². The number of hydrogen-bond donors (Lipinski definition) is 0. The van der Waals surface area contributed by atoms with Crippen molar-refractivity contribution in [1.82, 2.24) is 0 Å². The summed E-state index contributed by atoms with van der Waals surface area (Å²) in [6, 6.07) is 4.46. The molecule has 19 heavy (non-hydrogen) atoms. The van der Waals surface area contributed by atoms with Gasteiger partial charge in [-0.3, -0.25) is 10.1 Å². The van der Waals surface area contributed by atoms with Crippen molar-refractivity contribution in [3.8, 4) is 5.75 Å². The standard InChI is InChI=1S/C13H16ClNO4/c1-9-2-4-12(19-9)8-18-13-5-3-11(15(16)17)6-10(13)7-14/h3,5-6,9,12H,2,4,7-8H2,1H3. The predicted octanol–water partition coefficient (Wildman–Crippen LogP) is 3.28. The van der Waals surface area contributed by atoms with E-state index in [9.17, 15) is 10.1 Å². The summed E-state index contributed by atoms with van der Waals surface area (Å²) >= 11 is 5.79. The largest absolute Gasteiger partial charge is 0.491 e. The topological polar surface area (TPSA) is 61.6 Å². The lowest BCUT2D eigenvalue weighted by atomic mass is 10.2. The van der Waals surface area contributed by atoms with E-state index >= 15 is 0 Å². The molecule has 2 unspecified atom stereocenters. The lowest BCUT2D eigenvalue weighted by Gasteiger charge is -2.14. The monoisotopic (exact) mass is 285 g/mol. The Morgan fingerprint density at radius 1 is 1.53 bits per heavy atom. The molecular formula is C13H16ClNO4. The highest BCUT2D eigenvalue weighted by Crippen LogP contribution is 2.27. The van der Waals surface area contributed by atoms with Crippen molar-refractivity contribution in [3.05, 3.63) is 33.9 Å². The van der Waals surface area contributed by atoms with Gasteiger partial charge in [0.2, 0.25) is 0 Å². The van der Waals surface area contributed by atoms with Crippen molar-refractivity contribution < 1.29 is 14.4 Å². The van der Waals surface area contributed by atoms with Crippen molar-refractivity contribution >= 4 is 17.3 Å². The second-order valence-corrected chi connectivity index (χ2v) is 4.91. The van der Waals surface area contributed by atoms with Gasteiger partial charge in [-0.25, -0.2) is 0 Å². The Morgan fingerprint density at radius 2 is 2.32 bits per heavy atom. The molecule has 0 saturated carbocycles. The fourth-order valence-corrected chi connectivity index (χ4v) is 2.32. The van der Waals surface area contributed by atoms with E-state index in [1.165, 1.54) is 12.1 Å². The van der Waals surface area contributed by atoms with Crippen molar-refractivity contribution in [1.29, 1.82) is 0 Å². The molecule has 1 aliphatic rings. The van der Waals surface area contributed by atoms with E-state index in [-0.39, 0.29) is 23.8 Å². The summed E-state index contributed by atoms with van der Waals surface area (Å²) < 4.78 is 11.3. The summed E-state index contributed by atoms with van der Waals surface area (Å²) in [5.41, 5.74) is 0.649. The molecule has 0 aromatic heterocycles. The molecule has 6 heteroatoms. The first-order chi connectivity index (χ1) is 9.10. The van der Waals surface area contributed by atoms with Crippen LogP contribution in [0.25, 0.3) is 0 Å². The van der Waals surface area contributed by atoms with E-state index < -0.39 is 4.92 Å². The zero-order valence-corrected chi connectivity index (χ0v) is 11.4. The van der Waals surface area contributed by atoms with Gasteiger partial charge < -0.3 is 9.47 Å². The molecule has 1 aromatic rings. The number of non-ortho nitro benzene ring substituents is 1. The van der Waals surface area contributed by atoms with Gasteiger partial charge in [-0.15, -0.1) is 11.6 Å².